The second kappa shape index (κ2) is 8.38. The summed E-state index contributed by atoms with van der Waals surface area (Å²) in [6.07, 6.45) is 1.25. The molecule has 1 fully saturated rings. The largest absolute Gasteiger partial charge is 0.491 e. The van der Waals surface area contributed by atoms with Gasteiger partial charge in [0.15, 0.2) is 0 Å². The maximum Gasteiger partial charge on any atom is 0.317 e. The molecule has 1 aromatic rings. The quantitative estimate of drug-likeness (QED) is 0.870. The molecule has 2 rings (SSSR count). The monoisotopic (exact) mass is 333 g/mol. The molecule has 0 aromatic heterocycles. The van der Waals surface area contributed by atoms with E-state index in [4.69, 9.17) is 4.74 Å². The maximum absolute atomic E-state index is 12.4. The van der Waals surface area contributed by atoms with Crippen LogP contribution in [0.4, 0.5) is 4.79 Å². The highest BCUT2D eigenvalue weighted by molar-refractivity contribution is 5.75. The molecule has 1 saturated heterocycles. The first kappa shape index (κ1) is 18.6. The van der Waals surface area contributed by atoms with Crippen LogP contribution in [0.2, 0.25) is 0 Å². The Balaban J connectivity index is 1.85. The van der Waals surface area contributed by atoms with E-state index < -0.39 is 0 Å². The smallest absolute Gasteiger partial charge is 0.317 e. The number of hydrogen-bond acceptors (Lipinski definition) is 3. The molecule has 0 unspecified atom stereocenters. The predicted octanol–water partition coefficient (Wildman–Crippen LogP) is 3.13. The molecule has 5 nitrogen and oxygen atoms in total. The number of benzene rings is 1. The summed E-state index contributed by atoms with van der Waals surface area (Å²) in [7, 11) is 4.16. The number of rotatable bonds is 6. The Hall–Kier alpha value is -1.75. The third-order valence-corrected chi connectivity index (χ3v) is 4.29. The molecule has 2 atom stereocenters. The summed E-state index contributed by atoms with van der Waals surface area (Å²) in [6, 6.07) is 7.97. The van der Waals surface area contributed by atoms with Gasteiger partial charge in [0, 0.05) is 19.6 Å². The van der Waals surface area contributed by atoms with Crippen LogP contribution in [0.1, 0.15) is 38.8 Å². The summed E-state index contributed by atoms with van der Waals surface area (Å²) in [4.78, 5) is 16.6. The summed E-state index contributed by atoms with van der Waals surface area (Å²) >= 11 is 0. The number of nitrogens with one attached hydrogen (secondary N) is 1. The van der Waals surface area contributed by atoms with Crippen molar-refractivity contribution in [3.63, 3.8) is 0 Å². The first-order valence-electron chi connectivity index (χ1n) is 8.82. The molecule has 0 radical (unpaired) electrons. The lowest BCUT2D eigenvalue weighted by Crippen LogP contribution is -2.40. The van der Waals surface area contributed by atoms with Crippen molar-refractivity contribution < 1.29 is 9.53 Å². The van der Waals surface area contributed by atoms with Gasteiger partial charge in [0.1, 0.15) is 5.75 Å². The minimum Gasteiger partial charge on any atom is -0.491 e. The Labute approximate surface area is 146 Å². The van der Waals surface area contributed by atoms with Crippen molar-refractivity contribution in [1.82, 2.24) is 15.1 Å². The van der Waals surface area contributed by atoms with Gasteiger partial charge in [-0.1, -0.05) is 12.1 Å². The van der Waals surface area contributed by atoms with Crippen LogP contribution < -0.4 is 10.1 Å². The lowest BCUT2D eigenvalue weighted by Gasteiger charge is -2.22. The fourth-order valence-electron chi connectivity index (χ4n) is 3.15. The van der Waals surface area contributed by atoms with E-state index in [1.807, 2.05) is 49.9 Å². The van der Waals surface area contributed by atoms with Crippen LogP contribution in [0.25, 0.3) is 0 Å². The van der Waals surface area contributed by atoms with Gasteiger partial charge in [-0.25, -0.2) is 4.79 Å². The average molecular weight is 333 g/mol. The van der Waals surface area contributed by atoms with Crippen molar-refractivity contribution in [1.29, 1.82) is 0 Å². The topological polar surface area (TPSA) is 44.8 Å². The van der Waals surface area contributed by atoms with Crippen LogP contribution in [-0.2, 0) is 0 Å². The highest BCUT2D eigenvalue weighted by Gasteiger charge is 2.27. The SMILES string of the molecule is CC(C)Oc1ccc([C@H](C)NC(=O)N2CC[C@@H](CN(C)C)C2)cc1. The summed E-state index contributed by atoms with van der Waals surface area (Å²) in [5, 5.41) is 3.10. The van der Waals surface area contributed by atoms with Gasteiger partial charge < -0.3 is 19.9 Å². The normalized spacial score (nSPS) is 19.0. The minimum atomic E-state index is -0.0153. The number of likely N-dealkylation sites (tertiary alicyclic amines) is 1. The van der Waals surface area contributed by atoms with Gasteiger partial charge >= 0.3 is 6.03 Å². The highest BCUT2D eigenvalue weighted by atomic mass is 16.5. The van der Waals surface area contributed by atoms with E-state index in [2.05, 4.69) is 24.3 Å². The van der Waals surface area contributed by atoms with Crippen molar-refractivity contribution in [2.75, 3.05) is 33.7 Å². The van der Waals surface area contributed by atoms with E-state index >= 15 is 0 Å². The zero-order chi connectivity index (χ0) is 17.7. The number of urea groups is 1. The molecule has 134 valence electrons. The molecule has 1 heterocycles. The molecule has 1 N–H and O–H groups in total. The summed E-state index contributed by atoms with van der Waals surface area (Å²) in [5.41, 5.74) is 1.09. The number of nitrogens with zero attached hydrogens (tertiary/aromatic N) is 2. The fraction of sp³-hybridized carbons (Fsp3) is 0.632. The number of carbonyl (C=O) groups excluding carboxylic acids is 1. The van der Waals surface area contributed by atoms with Crippen LogP contribution in [0, 0.1) is 5.92 Å². The molecule has 0 spiro atoms. The van der Waals surface area contributed by atoms with Crippen molar-refractivity contribution >= 4 is 6.03 Å². The molecule has 24 heavy (non-hydrogen) atoms. The zero-order valence-corrected chi connectivity index (χ0v) is 15.6. The van der Waals surface area contributed by atoms with Gasteiger partial charge in [-0.2, -0.15) is 0 Å². The summed E-state index contributed by atoms with van der Waals surface area (Å²) in [6.45, 7) is 8.77. The molecule has 5 heteroatoms. The Kier molecular flexibility index (Phi) is 6.49. The van der Waals surface area contributed by atoms with Crippen molar-refractivity contribution in [3.8, 4) is 5.75 Å². The van der Waals surface area contributed by atoms with Gasteiger partial charge in [0.05, 0.1) is 12.1 Å². The molecule has 2 amide bonds. The Bertz CT molecular complexity index is 528. The standard InChI is InChI=1S/C19H31N3O2/c1-14(2)24-18-8-6-17(7-9-18)15(3)20-19(23)22-11-10-16(13-22)12-21(4)5/h6-9,14-16H,10-13H2,1-5H3,(H,20,23)/t15-,16-/m0/s1. The van der Waals surface area contributed by atoms with E-state index in [1.54, 1.807) is 0 Å². The molecule has 0 saturated carbocycles. The number of carbonyl (C=O) groups is 1. The van der Waals surface area contributed by atoms with Crippen LogP contribution in [0.5, 0.6) is 5.75 Å². The van der Waals surface area contributed by atoms with Crippen LogP contribution in [-0.4, -0.2) is 55.7 Å². The van der Waals surface area contributed by atoms with Gasteiger partial charge in [-0.3, -0.25) is 0 Å². The fourth-order valence-corrected chi connectivity index (χ4v) is 3.15. The lowest BCUT2D eigenvalue weighted by molar-refractivity contribution is 0.202. The van der Waals surface area contributed by atoms with E-state index in [1.165, 1.54) is 0 Å². The number of ether oxygens (including phenoxy) is 1. The van der Waals surface area contributed by atoms with Crippen LogP contribution in [0.3, 0.4) is 0 Å². The van der Waals surface area contributed by atoms with Crippen molar-refractivity contribution in [3.05, 3.63) is 29.8 Å². The third-order valence-electron chi connectivity index (χ3n) is 4.29. The Morgan fingerprint density at radius 2 is 1.96 bits per heavy atom. The van der Waals surface area contributed by atoms with Crippen molar-refractivity contribution in [2.45, 2.75) is 39.3 Å². The lowest BCUT2D eigenvalue weighted by atomic mass is 10.1. The van der Waals surface area contributed by atoms with E-state index in [0.29, 0.717) is 5.92 Å². The summed E-state index contributed by atoms with van der Waals surface area (Å²) < 4.78 is 5.66. The van der Waals surface area contributed by atoms with Gasteiger partial charge in [0.2, 0.25) is 0 Å². The van der Waals surface area contributed by atoms with Gasteiger partial charge in [-0.05, 0) is 64.9 Å². The van der Waals surface area contributed by atoms with E-state index in [0.717, 1.165) is 37.4 Å². The highest BCUT2D eigenvalue weighted by Crippen LogP contribution is 2.20. The molecule has 1 aliphatic heterocycles. The predicted molar refractivity (Wildman–Crippen MR) is 97.4 cm³/mol. The molecule has 0 bridgehead atoms. The minimum absolute atomic E-state index is 0.0153. The van der Waals surface area contributed by atoms with E-state index in [9.17, 15) is 4.79 Å². The molecular weight excluding hydrogens is 302 g/mol. The second-order valence-corrected chi connectivity index (χ2v) is 7.27. The summed E-state index contributed by atoms with van der Waals surface area (Å²) in [5.74, 6) is 1.44. The molecule has 0 aliphatic carbocycles. The molecule has 1 aliphatic rings. The molecular formula is C19H31N3O2. The third kappa shape index (κ3) is 5.41. The second-order valence-electron chi connectivity index (χ2n) is 7.27. The Morgan fingerprint density at radius 3 is 2.54 bits per heavy atom. The number of amides is 2. The average Bonchev–Trinajstić information content (AvgIpc) is 2.95. The number of hydrogen-bond donors (Lipinski definition) is 1. The van der Waals surface area contributed by atoms with Crippen molar-refractivity contribution in [2.24, 2.45) is 5.92 Å². The molecule has 1 aromatic carbocycles. The first-order valence-corrected chi connectivity index (χ1v) is 8.82. The van der Waals surface area contributed by atoms with Crippen LogP contribution in [0.15, 0.2) is 24.3 Å². The maximum atomic E-state index is 12.4. The van der Waals surface area contributed by atoms with E-state index in [-0.39, 0.29) is 18.2 Å². The van der Waals surface area contributed by atoms with Gasteiger partial charge in [0.25, 0.3) is 0 Å². The Morgan fingerprint density at radius 1 is 1.29 bits per heavy atom. The van der Waals surface area contributed by atoms with Gasteiger partial charge in [-0.15, -0.1) is 0 Å². The van der Waals surface area contributed by atoms with Crippen LogP contribution >= 0.6 is 0 Å². The zero-order valence-electron chi connectivity index (χ0n) is 15.6. The first-order chi connectivity index (χ1) is 11.3.